The van der Waals surface area contributed by atoms with Crippen LogP contribution in [-0.4, -0.2) is 12.6 Å². The topological polar surface area (TPSA) is 12.0 Å². The molecule has 0 spiro atoms. The summed E-state index contributed by atoms with van der Waals surface area (Å²) in [4.78, 5) is 0. The van der Waals surface area contributed by atoms with E-state index in [4.69, 9.17) is 11.6 Å². The van der Waals surface area contributed by atoms with E-state index in [-0.39, 0.29) is 0 Å². The second-order valence-electron chi connectivity index (χ2n) is 2.04. The minimum Gasteiger partial charge on any atom is -0.310 e. The second-order valence-corrected chi connectivity index (χ2v) is 2.30. The summed E-state index contributed by atoms with van der Waals surface area (Å²) >= 11 is 5.28. The molecule has 0 aromatic rings. The Kier molecular flexibility index (Phi) is 2.37. The van der Waals surface area contributed by atoms with E-state index >= 15 is 0 Å². The molecule has 0 radical (unpaired) electrons. The van der Waals surface area contributed by atoms with Crippen molar-refractivity contribution in [2.45, 2.75) is 18.9 Å². The van der Waals surface area contributed by atoms with Crippen molar-refractivity contribution >= 4 is 11.6 Å². The third-order valence-electron chi connectivity index (χ3n) is 1.19. The molecule has 2 heteroatoms. The monoisotopic (exact) mass is 131 g/mol. The highest BCUT2D eigenvalue weighted by Gasteiger charge is 2.18. The summed E-state index contributed by atoms with van der Waals surface area (Å²) < 4.78 is 0. The summed E-state index contributed by atoms with van der Waals surface area (Å²) in [5.41, 5.74) is 1.55. The first-order valence-corrected chi connectivity index (χ1v) is 3.35. The van der Waals surface area contributed by atoms with Gasteiger partial charge in [0.25, 0.3) is 0 Å². The molecule has 0 atom stereocenters. The van der Waals surface area contributed by atoms with Crippen molar-refractivity contribution in [3.05, 3.63) is 11.6 Å². The van der Waals surface area contributed by atoms with Crippen LogP contribution in [0.3, 0.4) is 0 Å². The van der Waals surface area contributed by atoms with Gasteiger partial charge in [0.1, 0.15) is 0 Å². The van der Waals surface area contributed by atoms with Crippen LogP contribution in [0.4, 0.5) is 0 Å². The van der Waals surface area contributed by atoms with Crippen molar-refractivity contribution in [3.63, 3.8) is 0 Å². The summed E-state index contributed by atoms with van der Waals surface area (Å²) in [5.74, 6) is 0. The molecule has 0 unspecified atom stereocenters. The lowest BCUT2D eigenvalue weighted by Crippen LogP contribution is -2.15. The van der Waals surface area contributed by atoms with E-state index in [2.05, 4.69) is 5.32 Å². The SMILES string of the molecule is Cl/C=C/CNC1CC1. The van der Waals surface area contributed by atoms with Gasteiger partial charge in [-0.25, -0.2) is 0 Å². The second kappa shape index (κ2) is 3.10. The Morgan fingerprint density at radius 1 is 1.62 bits per heavy atom. The largest absolute Gasteiger partial charge is 0.310 e. The molecule has 0 amide bonds. The van der Waals surface area contributed by atoms with Crippen LogP contribution in [0.1, 0.15) is 12.8 Å². The van der Waals surface area contributed by atoms with Gasteiger partial charge < -0.3 is 5.32 Å². The maximum atomic E-state index is 5.28. The van der Waals surface area contributed by atoms with E-state index in [1.54, 1.807) is 5.54 Å². The molecule has 0 heterocycles. The highest BCUT2D eigenvalue weighted by molar-refractivity contribution is 6.25. The number of nitrogens with one attached hydrogen (secondary N) is 1. The first-order chi connectivity index (χ1) is 3.93. The third kappa shape index (κ3) is 2.34. The maximum Gasteiger partial charge on any atom is 0.0149 e. The molecule has 1 nitrogen and oxygen atoms in total. The Bertz CT molecular complexity index is 86.5. The van der Waals surface area contributed by atoms with Gasteiger partial charge in [-0.05, 0) is 12.8 Å². The van der Waals surface area contributed by atoms with Crippen molar-refractivity contribution in [2.24, 2.45) is 0 Å². The van der Waals surface area contributed by atoms with Crippen LogP contribution < -0.4 is 5.32 Å². The lowest BCUT2D eigenvalue weighted by Gasteiger charge is -1.92. The number of hydrogen-bond acceptors (Lipinski definition) is 1. The van der Waals surface area contributed by atoms with Crippen molar-refractivity contribution in [3.8, 4) is 0 Å². The Balaban J connectivity index is 1.88. The Labute approximate surface area is 54.7 Å². The van der Waals surface area contributed by atoms with Crippen molar-refractivity contribution in [1.29, 1.82) is 0 Å². The smallest absolute Gasteiger partial charge is 0.0149 e. The van der Waals surface area contributed by atoms with Gasteiger partial charge in [-0.3, -0.25) is 0 Å². The standard InChI is InChI=1S/C6H10ClN/c7-4-1-5-8-6-2-3-6/h1,4,6,8H,2-3,5H2/b4-1+. The molecule has 0 saturated heterocycles. The predicted molar refractivity (Wildman–Crippen MR) is 36.0 cm³/mol. The van der Waals surface area contributed by atoms with E-state index < -0.39 is 0 Å². The fraction of sp³-hybridized carbons (Fsp3) is 0.667. The number of rotatable bonds is 3. The molecular formula is C6H10ClN. The van der Waals surface area contributed by atoms with Gasteiger partial charge in [0.2, 0.25) is 0 Å². The number of halogens is 1. The van der Waals surface area contributed by atoms with E-state index in [0.29, 0.717) is 0 Å². The molecule has 0 aliphatic heterocycles. The van der Waals surface area contributed by atoms with Crippen molar-refractivity contribution in [2.75, 3.05) is 6.54 Å². The molecule has 0 aromatic heterocycles. The van der Waals surface area contributed by atoms with Crippen LogP contribution in [0.15, 0.2) is 11.6 Å². The quantitative estimate of drug-likeness (QED) is 0.612. The average Bonchev–Trinajstić information content (AvgIpc) is 2.51. The van der Waals surface area contributed by atoms with Crippen molar-refractivity contribution < 1.29 is 0 Å². The summed E-state index contributed by atoms with van der Waals surface area (Å²) in [6.45, 7) is 0.925. The summed E-state index contributed by atoms with van der Waals surface area (Å²) in [5, 5.41) is 3.29. The molecule has 8 heavy (non-hydrogen) atoms. The van der Waals surface area contributed by atoms with Gasteiger partial charge in [-0.2, -0.15) is 0 Å². The minimum absolute atomic E-state index is 0.794. The van der Waals surface area contributed by atoms with Gasteiger partial charge in [0.05, 0.1) is 0 Å². The molecule has 1 rings (SSSR count). The molecule has 1 N–H and O–H groups in total. The summed E-state index contributed by atoms with van der Waals surface area (Å²) in [6.07, 6.45) is 4.60. The van der Waals surface area contributed by atoms with Crippen LogP contribution in [0.2, 0.25) is 0 Å². The normalized spacial score (nSPS) is 20.1. The molecule has 1 aliphatic carbocycles. The Morgan fingerprint density at radius 3 is 2.88 bits per heavy atom. The van der Waals surface area contributed by atoms with Gasteiger partial charge in [0, 0.05) is 18.1 Å². The van der Waals surface area contributed by atoms with E-state index in [1.165, 1.54) is 12.8 Å². The van der Waals surface area contributed by atoms with Crippen LogP contribution in [0, 0.1) is 0 Å². The number of hydrogen-bond donors (Lipinski definition) is 1. The van der Waals surface area contributed by atoms with Crippen LogP contribution in [0.5, 0.6) is 0 Å². The lowest BCUT2D eigenvalue weighted by molar-refractivity contribution is 0.754. The van der Waals surface area contributed by atoms with Crippen LogP contribution in [0.25, 0.3) is 0 Å². The molecule has 1 fully saturated rings. The predicted octanol–water partition coefficient (Wildman–Crippen LogP) is 1.49. The minimum atomic E-state index is 0.794. The molecule has 1 aliphatic rings. The molecule has 46 valence electrons. The molecule has 0 aromatic carbocycles. The fourth-order valence-corrected chi connectivity index (χ4v) is 0.656. The highest BCUT2D eigenvalue weighted by atomic mass is 35.5. The zero-order chi connectivity index (χ0) is 5.82. The summed E-state index contributed by atoms with van der Waals surface area (Å²) in [7, 11) is 0. The molecular weight excluding hydrogens is 122 g/mol. The van der Waals surface area contributed by atoms with Gasteiger partial charge >= 0.3 is 0 Å². The molecule has 0 bridgehead atoms. The summed E-state index contributed by atoms with van der Waals surface area (Å²) in [6, 6.07) is 0.794. The van der Waals surface area contributed by atoms with E-state index in [9.17, 15) is 0 Å². The Morgan fingerprint density at radius 2 is 2.38 bits per heavy atom. The van der Waals surface area contributed by atoms with Gasteiger partial charge in [-0.1, -0.05) is 17.7 Å². The van der Waals surface area contributed by atoms with E-state index in [1.807, 2.05) is 6.08 Å². The lowest BCUT2D eigenvalue weighted by atomic mass is 10.6. The van der Waals surface area contributed by atoms with Gasteiger partial charge in [0.15, 0.2) is 0 Å². The van der Waals surface area contributed by atoms with Crippen LogP contribution >= 0.6 is 11.6 Å². The van der Waals surface area contributed by atoms with E-state index in [0.717, 1.165) is 12.6 Å². The zero-order valence-electron chi connectivity index (χ0n) is 4.73. The first-order valence-electron chi connectivity index (χ1n) is 2.92. The van der Waals surface area contributed by atoms with Gasteiger partial charge in [-0.15, -0.1) is 0 Å². The maximum absolute atomic E-state index is 5.28. The Hall–Kier alpha value is -0.0100. The van der Waals surface area contributed by atoms with Crippen LogP contribution in [-0.2, 0) is 0 Å². The zero-order valence-corrected chi connectivity index (χ0v) is 5.49. The highest BCUT2D eigenvalue weighted by Crippen LogP contribution is 2.17. The average molecular weight is 132 g/mol. The molecule has 1 saturated carbocycles. The first kappa shape index (κ1) is 6.12. The van der Waals surface area contributed by atoms with Crippen molar-refractivity contribution in [1.82, 2.24) is 5.32 Å². The third-order valence-corrected chi connectivity index (χ3v) is 1.37. The fourth-order valence-electron chi connectivity index (χ4n) is 0.567.